The standard InChI is InChI=1S/C50H58N10O5S/c1-30(2)46(50(64)60-28-38(61)25-42(60)49(63)53-31(3)33-9-11-35(12-10-33)47-32(4)52-29-66-47)44-27-45(56-65-44)59-19-17-37(18-20-59)58-23-21-57(22-24-58)36-15-13-34(14-16-36)40-26-41(54-55-48(40)51)39-7-5-6-8-43(39)62/h5-16,26-27,29-31,37-38,42,46,61-62H,17-25,28H2,1-4H3,(H2,51,55)(H,53,63)/t31-,38+,42-,46?/m0/s1. The maximum Gasteiger partial charge on any atom is 0.243 e. The molecule has 6 heterocycles. The summed E-state index contributed by atoms with van der Waals surface area (Å²) in [5.41, 5.74) is 15.1. The Morgan fingerprint density at radius 3 is 2.26 bits per heavy atom. The predicted molar refractivity (Wildman–Crippen MR) is 257 cm³/mol. The molecule has 3 aliphatic rings. The second-order valence-corrected chi connectivity index (χ2v) is 19.0. The van der Waals surface area contributed by atoms with Crippen molar-refractivity contribution in [2.75, 3.05) is 61.3 Å². The highest BCUT2D eigenvalue weighted by Gasteiger charge is 2.44. The van der Waals surface area contributed by atoms with E-state index in [-0.39, 0.29) is 42.5 Å². The largest absolute Gasteiger partial charge is 0.507 e. The molecule has 66 heavy (non-hydrogen) atoms. The number of phenols is 1. The van der Waals surface area contributed by atoms with E-state index in [0.717, 1.165) is 96.4 Å². The van der Waals surface area contributed by atoms with Crippen LogP contribution in [0.3, 0.4) is 0 Å². The molecule has 0 bridgehead atoms. The Bertz CT molecular complexity index is 2640. The average Bonchev–Trinajstić information content (AvgIpc) is 4.10. The lowest BCUT2D eigenvalue weighted by atomic mass is 9.91. The number of rotatable bonds is 12. The van der Waals surface area contributed by atoms with Crippen LogP contribution in [0.15, 0.2) is 95.0 Å². The van der Waals surface area contributed by atoms with Crippen molar-refractivity contribution in [1.29, 1.82) is 0 Å². The number of para-hydroxylation sites is 1. The summed E-state index contributed by atoms with van der Waals surface area (Å²) in [5, 5.41) is 37.1. The average molecular weight is 911 g/mol. The minimum absolute atomic E-state index is 0.0793. The fraction of sp³-hybridized carbons (Fsp3) is 0.400. The van der Waals surface area contributed by atoms with Gasteiger partial charge in [-0.15, -0.1) is 21.5 Å². The molecule has 344 valence electrons. The number of hydrogen-bond donors (Lipinski definition) is 4. The smallest absolute Gasteiger partial charge is 0.243 e. The van der Waals surface area contributed by atoms with Gasteiger partial charge in [-0.1, -0.05) is 67.5 Å². The van der Waals surface area contributed by atoms with Gasteiger partial charge in [0.05, 0.1) is 33.9 Å². The van der Waals surface area contributed by atoms with Crippen LogP contribution in [0.25, 0.3) is 32.8 Å². The van der Waals surface area contributed by atoms with Crippen LogP contribution in [-0.2, 0) is 9.59 Å². The second-order valence-electron chi connectivity index (χ2n) is 18.2. The van der Waals surface area contributed by atoms with Crippen LogP contribution in [0, 0.1) is 12.8 Å². The molecule has 3 aliphatic heterocycles. The molecule has 16 heteroatoms. The first-order valence-corrected chi connectivity index (χ1v) is 23.8. The number of nitrogens with two attached hydrogens (primary N) is 1. The van der Waals surface area contributed by atoms with Gasteiger partial charge in [-0.2, -0.15) is 0 Å². The van der Waals surface area contributed by atoms with Crippen molar-refractivity contribution in [3.63, 3.8) is 0 Å². The zero-order chi connectivity index (χ0) is 46.1. The quantitative estimate of drug-likeness (QED) is 0.0995. The van der Waals surface area contributed by atoms with Crippen LogP contribution in [-0.4, -0.2) is 116 Å². The van der Waals surface area contributed by atoms with Crippen LogP contribution >= 0.6 is 11.3 Å². The number of nitrogens with one attached hydrogen (secondary N) is 1. The highest BCUT2D eigenvalue weighted by Crippen LogP contribution is 2.36. The zero-order valence-electron chi connectivity index (χ0n) is 37.9. The number of nitrogen functional groups attached to an aromatic ring is 1. The SMILES string of the molecule is Cc1ncsc1-c1ccc([C@H](C)NC(=O)[C@@H]2C[C@@H](O)CN2C(=O)C(c2cc(N3CCC(N4CCN(c5ccc(-c6cc(-c7ccccc7O)nnc6N)cc5)CC4)CC3)no2)C(C)C)cc1. The van der Waals surface area contributed by atoms with E-state index < -0.39 is 18.1 Å². The highest BCUT2D eigenvalue weighted by molar-refractivity contribution is 7.13. The van der Waals surface area contributed by atoms with E-state index in [2.05, 4.69) is 64.6 Å². The number of amides is 2. The molecule has 3 saturated heterocycles. The Labute approximate surface area is 389 Å². The molecule has 3 aromatic carbocycles. The predicted octanol–water partition coefficient (Wildman–Crippen LogP) is 6.89. The molecular formula is C50H58N10O5S. The lowest BCUT2D eigenvalue weighted by Gasteiger charge is -2.43. The molecule has 0 aliphatic carbocycles. The number of aliphatic hydroxyl groups is 1. The van der Waals surface area contributed by atoms with Crippen molar-refractivity contribution >= 4 is 40.5 Å². The van der Waals surface area contributed by atoms with Crippen molar-refractivity contribution in [2.45, 2.75) is 77.1 Å². The molecule has 9 rings (SSSR count). The van der Waals surface area contributed by atoms with Gasteiger partial charge in [-0.3, -0.25) is 14.5 Å². The Hall–Kier alpha value is -6.36. The summed E-state index contributed by atoms with van der Waals surface area (Å²) in [5.74, 6) is 0.335. The number of benzene rings is 3. The van der Waals surface area contributed by atoms with Crippen LogP contribution in [0.1, 0.15) is 69.0 Å². The first-order valence-electron chi connectivity index (χ1n) is 22.9. The van der Waals surface area contributed by atoms with Gasteiger partial charge in [0.2, 0.25) is 11.8 Å². The number of piperidine rings is 1. The van der Waals surface area contributed by atoms with E-state index in [1.54, 1.807) is 23.5 Å². The number of hydrogen-bond acceptors (Lipinski definition) is 14. The molecule has 3 fully saturated rings. The number of likely N-dealkylation sites (tertiary alicyclic amines) is 1. The van der Waals surface area contributed by atoms with E-state index in [9.17, 15) is 19.8 Å². The summed E-state index contributed by atoms with van der Waals surface area (Å²) in [6.07, 6.45) is 1.34. The first-order chi connectivity index (χ1) is 31.9. The van der Waals surface area contributed by atoms with Crippen molar-refractivity contribution in [3.8, 4) is 38.6 Å². The van der Waals surface area contributed by atoms with Gasteiger partial charge >= 0.3 is 0 Å². The van der Waals surface area contributed by atoms with Crippen molar-refractivity contribution in [3.05, 3.63) is 107 Å². The first kappa shape index (κ1) is 44.8. The Balaban J connectivity index is 0.772. The molecule has 2 amide bonds. The summed E-state index contributed by atoms with van der Waals surface area (Å²) in [4.78, 5) is 42.4. The number of aromatic nitrogens is 4. The highest BCUT2D eigenvalue weighted by atomic mass is 32.1. The third-order valence-corrected chi connectivity index (χ3v) is 14.5. The molecule has 15 nitrogen and oxygen atoms in total. The second kappa shape index (κ2) is 19.2. The summed E-state index contributed by atoms with van der Waals surface area (Å²) in [6.45, 7) is 13.4. The van der Waals surface area contributed by atoms with Gasteiger partial charge in [0, 0.05) is 81.2 Å². The van der Waals surface area contributed by atoms with E-state index >= 15 is 0 Å². The lowest BCUT2D eigenvalue weighted by Crippen LogP contribution is -2.53. The minimum Gasteiger partial charge on any atom is -0.507 e. The van der Waals surface area contributed by atoms with E-state index in [1.165, 1.54) is 4.90 Å². The van der Waals surface area contributed by atoms with Gasteiger partial charge in [-0.25, -0.2) is 4.98 Å². The molecular weight excluding hydrogens is 853 g/mol. The number of carbonyl (C=O) groups is 2. The van der Waals surface area contributed by atoms with Crippen molar-refractivity contribution in [2.24, 2.45) is 5.92 Å². The van der Waals surface area contributed by atoms with E-state index in [1.807, 2.05) is 81.7 Å². The molecule has 0 spiro atoms. The Morgan fingerprint density at radius 2 is 1.58 bits per heavy atom. The number of piperazine rings is 1. The molecule has 0 saturated carbocycles. The van der Waals surface area contributed by atoms with Gasteiger partial charge in [0.25, 0.3) is 0 Å². The van der Waals surface area contributed by atoms with Gasteiger partial charge in [0.1, 0.15) is 17.7 Å². The van der Waals surface area contributed by atoms with Crippen molar-refractivity contribution in [1.82, 2.24) is 35.5 Å². The number of β-amino-alcohol motifs (C(OH)–C–C–N with tert-alkyl or cyclic N) is 1. The lowest BCUT2D eigenvalue weighted by molar-refractivity contribution is -0.141. The third-order valence-electron chi connectivity index (χ3n) is 13.6. The van der Waals surface area contributed by atoms with Crippen LogP contribution in [0.5, 0.6) is 5.75 Å². The normalized spacial score (nSPS) is 19.3. The van der Waals surface area contributed by atoms with E-state index in [4.69, 9.17) is 10.3 Å². The maximum atomic E-state index is 14.4. The number of carbonyl (C=O) groups excluding carboxylic acids is 2. The fourth-order valence-corrected chi connectivity index (χ4v) is 10.6. The van der Waals surface area contributed by atoms with Crippen molar-refractivity contribution < 1.29 is 24.3 Å². The molecule has 0 radical (unpaired) electrons. The Morgan fingerprint density at radius 1 is 0.864 bits per heavy atom. The third kappa shape index (κ3) is 9.35. The number of aryl methyl sites for hydroxylation is 1. The molecule has 3 aromatic heterocycles. The molecule has 4 atom stereocenters. The molecule has 5 N–H and O–H groups in total. The number of aromatic hydroxyl groups is 1. The number of phenolic OH excluding ortho intramolecular Hbond substituents is 1. The summed E-state index contributed by atoms with van der Waals surface area (Å²) < 4.78 is 5.93. The number of anilines is 3. The summed E-state index contributed by atoms with van der Waals surface area (Å²) >= 11 is 1.60. The minimum atomic E-state index is -0.806. The van der Waals surface area contributed by atoms with Crippen LogP contribution in [0.4, 0.5) is 17.3 Å². The van der Waals surface area contributed by atoms with Crippen LogP contribution < -0.4 is 20.9 Å². The maximum absolute atomic E-state index is 14.4. The Kier molecular flexibility index (Phi) is 13.1. The van der Waals surface area contributed by atoms with Gasteiger partial charge < -0.3 is 40.5 Å². The van der Waals surface area contributed by atoms with E-state index in [0.29, 0.717) is 28.9 Å². The fourth-order valence-electron chi connectivity index (χ4n) is 9.80. The monoisotopic (exact) mass is 910 g/mol. The summed E-state index contributed by atoms with van der Waals surface area (Å²) in [7, 11) is 0. The molecule has 6 aromatic rings. The van der Waals surface area contributed by atoms with Crippen LogP contribution in [0.2, 0.25) is 0 Å². The molecule has 1 unspecified atom stereocenters. The number of nitrogens with zero attached hydrogens (tertiary/aromatic N) is 8. The topological polar surface area (TPSA) is 190 Å². The number of aliphatic hydroxyl groups excluding tert-OH is 1. The number of thiazole rings is 1. The zero-order valence-corrected chi connectivity index (χ0v) is 38.7. The summed E-state index contributed by atoms with van der Waals surface area (Å²) in [6, 6.07) is 26.7. The van der Waals surface area contributed by atoms with Gasteiger partial charge in [-0.05, 0) is 79.6 Å². The van der Waals surface area contributed by atoms with Gasteiger partial charge in [0.15, 0.2) is 17.4 Å².